The highest BCUT2D eigenvalue weighted by Crippen LogP contribution is 2.32. The zero-order valence-corrected chi connectivity index (χ0v) is 21.5. The Morgan fingerprint density at radius 1 is 1.00 bits per heavy atom. The predicted octanol–water partition coefficient (Wildman–Crippen LogP) is 2.47. The van der Waals surface area contributed by atoms with Crippen molar-refractivity contribution in [1.29, 1.82) is 0 Å². The van der Waals surface area contributed by atoms with Crippen LogP contribution in [0.15, 0.2) is 18.3 Å². The molecule has 1 atom stereocenters. The number of hydrogen-bond acceptors (Lipinski definition) is 8. The number of carbonyl (C=O) groups excluding carboxylic acids is 5. The molecule has 212 valence electrons. The molecule has 0 spiro atoms. The van der Waals surface area contributed by atoms with E-state index >= 15 is 0 Å². The lowest BCUT2D eigenvalue weighted by Gasteiger charge is -2.38. The number of amides is 3. The van der Waals surface area contributed by atoms with Gasteiger partial charge in [0.2, 0.25) is 17.7 Å². The molecule has 1 aromatic rings. The molecule has 1 saturated carbocycles. The number of aromatic nitrogens is 1. The number of alkyl halides is 3. The summed E-state index contributed by atoms with van der Waals surface area (Å²) in [4.78, 5) is 67.6. The molecule has 0 aromatic carbocycles. The average Bonchev–Trinajstić information content (AvgIpc) is 2.92. The van der Waals surface area contributed by atoms with E-state index in [0.717, 1.165) is 24.2 Å². The minimum Gasteiger partial charge on any atom is -0.386 e. The predicted molar refractivity (Wildman–Crippen MR) is 130 cm³/mol. The number of imide groups is 1. The van der Waals surface area contributed by atoms with Crippen LogP contribution < -0.4 is 10.2 Å². The molecule has 2 saturated heterocycles. The van der Waals surface area contributed by atoms with Gasteiger partial charge >= 0.3 is 18.1 Å². The van der Waals surface area contributed by atoms with Crippen LogP contribution >= 0.6 is 0 Å². The Labute approximate surface area is 223 Å². The zero-order chi connectivity index (χ0) is 28.3. The van der Waals surface area contributed by atoms with Crippen LogP contribution in [0.4, 0.5) is 19.0 Å². The summed E-state index contributed by atoms with van der Waals surface area (Å²) >= 11 is 0. The molecule has 0 bridgehead atoms. The third-order valence-corrected chi connectivity index (χ3v) is 7.93. The van der Waals surface area contributed by atoms with E-state index in [4.69, 9.17) is 0 Å². The van der Waals surface area contributed by atoms with E-state index in [9.17, 15) is 37.1 Å². The van der Waals surface area contributed by atoms with E-state index in [1.807, 2.05) is 19.2 Å². The van der Waals surface area contributed by atoms with Crippen LogP contribution in [0.5, 0.6) is 0 Å². The van der Waals surface area contributed by atoms with Gasteiger partial charge in [-0.25, -0.2) is 9.78 Å². The molecule has 3 heterocycles. The van der Waals surface area contributed by atoms with Crippen molar-refractivity contribution in [3.63, 3.8) is 0 Å². The van der Waals surface area contributed by atoms with Gasteiger partial charge in [-0.1, -0.05) is 6.07 Å². The molecule has 1 aromatic heterocycles. The van der Waals surface area contributed by atoms with Crippen LogP contribution in [0.3, 0.4) is 0 Å². The number of likely N-dealkylation sites (tertiary alicyclic amines) is 1. The first-order valence-electron chi connectivity index (χ1n) is 13.1. The molecular weight excluding hydrogens is 521 g/mol. The number of esters is 2. The Kier molecular flexibility index (Phi) is 8.55. The summed E-state index contributed by atoms with van der Waals surface area (Å²) in [6, 6.07) is 3.88. The van der Waals surface area contributed by atoms with Gasteiger partial charge in [0.25, 0.3) is 0 Å². The van der Waals surface area contributed by atoms with Crippen LogP contribution in [0.2, 0.25) is 0 Å². The highest BCUT2D eigenvalue weighted by Gasteiger charge is 2.44. The molecule has 0 radical (unpaired) electrons. The summed E-state index contributed by atoms with van der Waals surface area (Å²) in [5, 5.41) is 2.36. The van der Waals surface area contributed by atoms with E-state index in [1.165, 1.54) is 0 Å². The topological polar surface area (TPSA) is 126 Å². The number of anilines is 1. The maximum atomic E-state index is 13.0. The van der Waals surface area contributed by atoms with E-state index in [2.05, 4.69) is 19.9 Å². The number of nitrogens with one attached hydrogen (secondary N) is 1. The van der Waals surface area contributed by atoms with Gasteiger partial charge in [0.15, 0.2) is 0 Å². The summed E-state index contributed by atoms with van der Waals surface area (Å²) in [6.45, 7) is 0.449. The molecular formula is C26H31F3N4O6. The molecule has 1 aliphatic carbocycles. The third-order valence-electron chi connectivity index (χ3n) is 7.93. The Bertz CT molecular complexity index is 1110. The van der Waals surface area contributed by atoms with Crippen molar-refractivity contribution < 1.29 is 41.9 Å². The maximum Gasteiger partial charge on any atom is 0.491 e. The van der Waals surface area contributed by atoms with Gasteiger partial charge < -0.3 is 14.5 Å². The lowest BCUT2D eigenvalue weighted by Crippen LogP contribution is -2.46. The van der Waals surface area contributed by atoms with E-state index < -0.39 is 30.0 Å². The molecule has 1 N–H and O–H groups in total. The Morgan fingerprint density at radius 3 is 2.23 bits per heavy atom. The van der Waals surface area contributed by atoms with Gasteiger partial charge in [0, 0.05) is 44.7 Å². The second-order valence-electron chi connectivity index (χ2n) is 10.4. The number of hydrogen-bond donors (Lipinski definition) is 1. The van der Waals surface area contributed by atoms with Gasteiger partial charge in [-0.15, -0.1) is 0 Å². The second-order valence-corrected chi connectivity index (χ2v) is 10.4. The van der Waals surface area contributed by atoms with Gasteiger partial charge in [0.1, 0.15) is 5.82 Å². The first kappa shape index (κ1) is 28.5. The van der Waals surface area contributed by atoms with Crippen molar-refractivity contribution in [2.45, 2.75) is 69.5 Å². The number of pyridine rings is 1. The Balaban J connectivity index is 1.23. The minimum atomic E-state index is -5.23. The van der Waals surface area contributed by atoms with Crippen molar-refractivity contribution in [1.82, 2.24) is 15.2 Å². The maximum absolute atomic E-state index is 13.0. The fourth-order valence-electron chi connectivity index (χ4n) is 5.55. The molecule has 13 heteroatoms. The standard InChI is InChI=1S/C26H31F3N4O6/c1-32(20-8-4-17(14-30-20)19-7-9-21(34)31-22(19)35)18-5-2-15(3-6-18)23(36)33-12-10-16(11-13-33)24(37)39-25(38)26(27,28)29/h4,8,14-16,18-19H,2-3,5-7,9-13H2,1H3,(H,31,34,35)/t15-,18-,19?. The first-order chi connectivity index (χ1) is 18.4. The quantitative estimate of drug-likeness (QED) is 0.336. The van der Waals surface area contributed by atoms with Gasteiger partial charge in [-0.3, -0.25) is 24.5 Å². The monoisotopic (exact) mass is 552 g/mol. The zero-order valence-electron chi connectivity index (χ0n) is 21.5. The largest absolute Gasteiger partial charge is 0.491 e. The summed E-state index contributed by atoms with van der Waals surface area (Å²) < 4.78 is 40.9. The van der Waals surface area contributed by atoms with Crippen molar-refractivity contribution >= 4 is 35.5 Å². The molecule has 10 nitrogen and oxygen atoms in total. The van der Waals surface area contributed by atoms with Gasteiger partial charge in [0.05, 0.1) is 11.8 Å². The normalized spacial score (nSPS) is 24.6. The fraction of sp³-hybridized carbons (Fsp3) is 0.615. The van der Waals surface area contributed by atoms with Crippen molar-refractivity contribution in [3.8, 4) is 0 Å². The number of carbonyl (C=O) groups is 5. The molecule has 4 rings (SSSR count). The lowest BCUT2D eigenvalue weighted by atomic mass is 9.84. The average molecular weight is 553 g/mol. The van der Waals surface area contributed by atoms with Gasteiger partial charge in [-0.05, 0) is 56.6 Å². The number of piperidine rings is 2. The number of halogens is 3. The van der Waals surface area contributed by atoms with E-state index in [0.29, 0.717) is 25.7 Å². The third kappa shape index (κ3) is 6.74. The summed E-state index contributed by atoms with van der Waals surface area (Å²) in [5.41, 5.74) is 0.760. The smallest absolute Gasteiger partial charge is 0.386 e. The van der Waals surface area contributed by atoms with Crippen LogP contribution in [0.1, 0.15) is 62.8 Å². The lowest BCUT2D eigenvalue weighted by molar-refractivity contribution is -0.203. The fourth-order valence-corrected chi connectivity index (χ4v) is 5.55. The molecule has 1 unspecified atom stereocenters. The second kappa shape index (κ2) is 11.7. The molecule has 39 heavy (non-hydrogen) atoms. The van der Waals surface area contributed by atoms with Crippen LogP contribution in [-0.4, -0.2) is 71.9 Å². The highest BCUT2D eigenvalue weighted by molar-refractivity contribution is 6.00. The van der Waals surface area contributed by atoms with E-state index in [-0.39, 0.29) is 55.6 Å². The van der Waals surface area contributed by atoms with Crippen LogP contribution in [0, 0.1) is 11.8 Å². The highest BCUT2D eigenvalue weighted by atomic mass is 19.4. The number of rotatable bonds is 5. The SMILES string of the molecule is CN(c1ccc(C2CCC(=O)NC2=O)cn1)[C@H]1CC[C@H](C(=O)N2CCC(C(=O)OC(=O)C(F)(F)F)CC2)CC1. The van der Waals surface area contributed by atoms with E-state index in [1.54, 1.807) is 11.1 Å². The van der Waals surface area contributed by atoms with Crippen molar-refractivity contribution in [2.75, 3.05) is 25.0 Å². The minimum absolute atomic E-state index is 0.0268. The first-order valence-corrected chi connectivity index (χ1v) is 13.1. The Morgan fingerprint density at radius 2 is 1.67 bits per heavy atom. The van der Waals surface area contributed by atoms with Crippen molar-refractivity contribution in [3.05, 3.63) is 23.9 Å². The van der Waals surface area contributed by atoms with Crippen LogP contribution in [0.25, 0.3) is 0 Å². The molecule has 3 aliphatic rings. The Hall–Kier alpha value is -3.51. The van der Waals surface area contributed by atoms with Crippen molar-refractivity contribution in [2.24, 2.45) is 11.8 Å². The number of ether oxygens (including phenoxy) is 1. The number of nitrogens with zero attached hydrogens (tertiary/aromatic N) is 3. The molecule has 3 amide bonds. The van der Waals surface area contributed by atoms with Gasteiger partial charge in [-0.2, -0.15) is 13.2 Å². The molecule has 2 aliphatic heterocycles. The summed E-state index contributed by atoms with van der Waals surface area (Å²) in [6.07, 6.45) is 0.370. The van der Waals surface area contributed by atoms with Crippen LogP contribution in [-0.2, 0) is 28.7 Å². The summed E-state index contributed by atoms with van der Waals surface area (Å²) in [7, 11) is 1.94. The summed E-state index contributed by atoms with van der Waals surface area (Å²) in [5.74, 6) is -4.99. The molecule has 3 fully saturated rings.